The minimum absolute atomic E-state index is 0.00675. The fraction of sp³-hybridized carbons (Fsp3) is 0.625. The zero-order valence-electron chi connectivity index (χ0n) is 21.4. The molecule has 0 aliphatic rings. The molecule has 0 radical (unpaired) electrons. The molecule has 1 aromatic rings. The van der Waals surface area contributed by atoms with Crippen molar-refractivity contribution in [2.45, 2.75) is 65.7 Å². The molecule has 3 atom stereocenters. The first-order valence-electron chi connectivity index (χ1n) is 11.6. The number of likely N-dealkylation sites (N-methyl/N-ethyl adjacent to an activating group) is 1. The molecule has 0 saturated heterocycles. The molecule has 3 amide bonds. The Hall–Kier alpha value is -3.18. The Bertz CT molecular complexity index is 944. The maximum absolute atomic E-state index is 13.2. The Morgan fingerprint density at radius 1 is 1.03 bits per heavy atom. The molecule has 0 aliphatic carbocycles. The van der Waals surface area contributed by atoms with Crippen LogP contribution >= 0.6 is 0 Å². The van der Waals surface area contributed by atoms with E-state index in [-0.39, 0.29) is 24.3 Å². The molecule has 0 bridgehead atoms. The van der Waals surface area contributed by atoms with Crippen LogP contribution in [-0.2, 0) is 27.0 Å². The summed E-state index contributed by atoms with van der Waals surface area (Å²) in [4.78, 5) is 49.1. The zero-order valence-corrected chi connectivity index (χ0v) is 21.4. The van der Waals surface area contributed by atoms with Crippen molar-refractivity contribution in [1.29, 1.82) is 0 Å². The van der Waals surface area contributed by atoms with Crippen LogP contribution in [-0.4, -0.2) is 48.3 Å². The van der Waals surface area contributed by atoms with Crippen molar-refractivity contribution in [2.75, 3.05) is 13.6 Å². The predicted molar refractivity (Wildman–Crippen MR) is 127 cm³/mol. The molecule has 1 rings (SSSR count). The first-order valence-corrected chi connectivity index (χ1v) is 11.6. The molecule has 0 unspecified atom stereocenters. The third-order valence-corrected chi connectivity index (χ3v) is 5.48. The van der Waals surface area contributed by atoms with Gasteiger partial charge in [0.25, 0.3) is 0 Å². The Balaban J connectivity index is 3.17. The number of carbonyl (C=O) groups excluding carboxylic acids is 3. The monoisotopic (exact) mass is 516 g/mol. The quantitative estimate of drug-likeness (QED) is 0.308. The van der Waals surface area contributed by atoms with E-state index < -0.39 is 64.3 Å². The van der Waals surface area contributed by atoms with Gasteiger partial charge in [-0.1, -0.05) is 52.8 Å². The van der Waals surface area contributed by atoms with Crippen molar-refractivity contribution in [1.82, 2.24) is 16.0 Å². The van der Waals surface area contributed by atoms with E-state index in [2.05, 4.69) is 16.0 Å². The minimum atomic E-state index is -4.57. The summed E-state index contributed by atoms with van der Waals surface area (Å²) in [6.45, 7) is 8.04. The van der Waals surface area contributed by atoms with Gasteiger partial charge in [-0.05, 0) is 29.4 Å². The Morgan fingerprint density at radius 3 is 2.11 bits per heavy atom. The maximum atomic E-state index is 13.2. The lowest BCUT2D eigenvalue weighted by Gasteiger charge is -2.32. The standard InChI is InChI=1S/C24H35F3N4O5/c1-14(2)10-16(13-31(35)36)20(32)30-19(23(3,4)5)22(34)29-18(21(33)28-6)12-15-8-7-9-17(11-15)24(25,26)27/h7-9,11,14,16,18-19H,10,12-13H2,1-6H3,(H,28,33)(H,29,34)(H,30,32)/t16-,18-,19-/m1/s1. The molecule has 0 saturated carbocycles. The van der Waals surface area contributed by atoms with Gasteiger partial charge in [0.15, 0.2) is 0 Å². The van der Waals surface area contributed by atoms with Gasteiger partial charge in [0.1, 0.15) is 18.0 Å². The SMILES string of the molecule is CNC(=O)[C@@H](Cc1cccc(C(F)(F)F)c1)NC(=O)[C@@H](NC(=O)[C@H](CC(C)C)C[N+](=O)[O-])C(C)(C)C. The lowest BCUT2D eigenvalue weighted by molar-refractivity contribution is -0.486. The van der Waals surface area contributed by atoms with E-state index in [1.807, 2.05) is 13.8 Å². The topological polar surface area (TPSA) is 130 Å². The van der Waals surface area contributed by atoms with Gasteiger partial charge in [0, 0.05) is 18.4 Å². The summed E-state index contributed by atoms with van der Waals surface area (Å²) in [6.07, 6.45) is -4.56. The van der Waals surface area contributed by atoms with E-state index in [9.17, 15) is 37.7 Å². The van der Waals surface area contributed by atoms with Crippen molar-refractivity contribution in [3.05, 3.63) is 45.5 Å². The summed E-state index contributed by atoms with van der Waals surface area (Å²) in [7, 11) is 1.32. The number of hydrogen-bond donors (Lipinski definition) is 3. The molecule has 3 N–H and O–H groups in total. The highest BCUT2D eigenvalue weighted by Crippen LogP contribution is 2.30. The van der Waals surface area contributed by atoms with Crippen molar-refractivity contribution >= 4 is 17.7 Å². The summed E-state index contributed by atoms with van der Waals surface area (Å²) in [5, 5.41) is 18.5. The van der Waals surface area contributed by atoms with E-state index in [0.717, 1.165) is 12.1 Å². The third kappa shape index (κ3) is 9.82. The number of nitrogens with zero attached hydrogens (tertiary/aromatic N) is 1. The molecular formula is C24H35F3N4O5. The number of hydrogen-bond acceptors (Lipinski definition) is 5. The average molecular weight is 517 g/mol. The van der Waals surface area contributed by atoms with Gasteiger partial charge in [0.05, 0.1) is 5.56 Å². The summed E-state index contributed by atoms with van der Waals surface area (Å²) >= 11 is 0. The first-order chi connectivity index (χ1) is 16.4. The number of alkyl halides is 3. The number of nitro groups is 1. The van der Waals surface area contributed by atoms with E-state index in [4.69, 9.17) is 0 Å². The van der Waals surface area contributed by atoms with Crippen molar-refractivity contribution < 1.29 is 32.5 Å². The predicted octanol–water partition coefficient (Wildman–Crippen LogP) is 2.95. The average Bonchev–Trinajstić information content (AvgIpc) is 2.73. The molecule has 0 aliphatic heterocycles. The number of rotatable bonds is 11. The molecular weight excluding hydrogens is 481 g/mol. The van der Waals surface area contributed by atoms with Crippen LogP contribution in [0.15, 0.2) is 24.3 Å². The summed E-state index contributed by atoms with van der Waals surface area (Å²) in [6, 6.07) is 2.04. The number of benzene rings is 1. The molecule has 0 aromatic heterocycles. The molecule has 12 heteroatoms. The smallest absolute Gasteiger partial charge is 0.357 e. The van der Waals surface area contributed by atoms with E-state index >= 15 is 0 Å². The lowest BCUT2D eigenvalue weighted by atomic mass is 9.85. The minimum Gasteiger partial charge on any atom is -0.357 e. The number of halogens is 3. The number of carbonyl (C=O) groups is 3. The molecule has 202 valence electrons. The Morgan fingerprint density at radius 2 is 1.64 bits per heavy atom. The van der Waals surface area contributed by atoms with Crippen LogP contribution in [0.25, 0.3) is 0 Å². The van der Waals surface area contributed by atoms with Gasteiger partial charge in [-0.3, -0.25) is 24.5 Å². The normalized spacial score (nSPS) is 14.5. The fourth-order valence-corrected chi connectivity index (χ4v) is 3.70. The van der Waals surface area contributed by atoms with Gasteiger partial charge >= 0.3 is 6.18 Å². The largest absolute Gasteiger partial charge is 0.416 e. The summed E-state index contributed by atoms with van der Waals surface area (Å²) < 4.78 is 39.3. The van der Waals surface area contributed by atoms with Crippen LogP contribution in [0.1, 0.15) is 52.2 Å². The van der Waals surface area contributed by atoms with Crippen molar-refractivity contribution in [3.63, 3.8) is 0 Å². The molecule has 36 heavy (non-hydrogen) atoms. The van der Waals surface area contributed by atoms with E-state index in [1.54, 1.807) is 20.8 Å². The van der Waals surface area contributed by atoms with Crippen LogP contribution < -0.4 is 16.0 Å². The van der Waals surface area contributed by atoms with E-state index in [0.29, 0.717) is 0 Å². The second kappa shape index (κ2) is 12.7. The van der Waals surface area contributed by atoms with Gasteiger partial charge in [-0.15, -0.1) is 0 Å². The van der Waals surface area contributed by atoms with Gasteiger partial charge in [-0.2, -0.15) is 13.2 Å². The Kier molecular flexibility index (Phi) is 10.9. The van der Waals surface area contributed by atoms with Crippen LogP contribution in [0.3, 0.4) is 0 Å². The molecule has 0 fully saturated rings. The van der Waals surface area contributed by atoms with Crippen LogP contribution in [0, 0.1) is 27.4 Å². The highest BCUT2D eigenvalue weighted by Gasteiger charge is 2.37. The molecule has 9 nitrogen and oxygen atoms in total. The summed E-state index contributed by atoms with van der Waals surface area (Å²) in [5.74, 6) is -3.00. The molecule has 1 aromatic carbocycles. The van der Waals surface area contributed by atoms with Crippen molar-refractivity contribution in [2.24, 2.45) is 17.3 Å². The molecule has 0 heterocycles. The first kappa shape index (κ1) is 30.9. The summed E-state index contributed by atoms with van der Waals surface area (Å²) in [5.41, 5.74) is -1.55. The van der Waals surface area contributed by atoms with Crippen LogP contribution in [0.5, 0.6) is 0 Å². The van der Waals surface area contributed by atoms with Crippen LogP contribution in [0.2, 0.25) is 0 Å². The highest BCUT2D eigenvalue weighted by molar-refractivity contribution is 5.93. The zero-order chi connectivity index (χ0) is 27.8. The maximum Gasteiger partial charge on any atom is 0.416 e. The van der Waals surface area contributed by atoms with Gasteiger partial charge in [0.2, 0.25) is 24.3 Å². The number of amides is 3. The van der Waals surface area contributed by atoms with Gasteiger partial charge in [-0.25, -0.2) is 0 Å². The van der Waals surface area contributed by atoms with E-state index in [1.165, 1.54) is 19.2 Å². The second-order valence-electron chi connectivity index (χ2n) is 10.2. The Labute approximate surface area is 208 Å². The van der Waals surface area contributed by atoms with Crippen molar-refractivity contribution in [3.8, 4) is 0 Å². The number of nitrogens with one attached hydrogen (secondary N) is 3. The second-order valence-corrected chi connectivity index (χ2v) is 10.2. The van der Waals surface area contributed by atoms with Gasteiger partial charge < -0.3 is 16.0 Å². The molecule has 0 spiro atoms. The fourth-order valence-electron chi connectivity index (χ4n) is 3.70. The lowest BCUT2D eigenvalue weighted by Crippen LogP contribution is -2.59. The third-order valence-electron chi connectivity index (χ3n) is 5.48. The highest BCUT2D eigenvalue weighted by atomic mass is 19.4. The van der Waals surface area contributed by atoms with Crippen LogP contribution in [0.4, 0.5) is 13.2 Å².